The molecule has 2 fully saturated rings. The van der Waals surface area contributed by atoms with Gasteiger partial charge < -0.3 is 24.4 Å². The number of carbonyl (C=O) groups excluding carboxylic acids is 1. The van der Waals surface area contributed by atoms with E-state index in [0.29, 0.717) is 61.9 Å². The van der Waals surface area contributed by atoms with Gasteiger partial charge in [-0.2, -0.15) is 0 Å². The van der Waals surface area contributed by atoms with E-state index in [2.05, 4.69) is 10.3 Å². The maximum absolute atomic E-state index is 12.5. The number of ether oxygens (including phenoxy) is 3. The Morgan fingerprint density at radius 1 is 1.21 bits per heavy atom. The lowest BCUT2D eigenvalue weighted by atomic mass is 10.1. The molecule has 1 N–H and O–H groups in total. The first-order valence-corrected chi connectivity index (χ1v) is 13.4. The third-order valence-electron chi connectivity index (χ3n) is 5.85. The van der Waals surface area contributed by atoms with Crippen LogP contribution in [0.2, 0.25) is 5.02 Å². The van der Waals surface area contributed by atoms with Crippen LogP contribution in [0.25, 0.3) is 0 Å². The molecule has 3 aliphatic rings. The summed E-state index contributed by atoms with van der Waals surface area (Å²) in [5.74, 6) is 1.26. The highest BCUT2D eigenvalue weighted by molar-refractivity contribution is 7.92. The number of hydrogen-bond acceptors (Lipinski definition) is 8. The van der Waals surface area contributed by atoms with Gasteiger partial charge in [-0.05, 0) is 51.8 Å². The van der Waals surface area contributed by atoms with Crippen LogP contribution in [0.15, 0.2) is 39.5 Å². The highest BCUT2D eigenvalue weighted by Crippen LogP contribution is 2.36. The minimum atomic E-state index is -3.33. The topological polar surface area (TPSA) is 107 Å². The summed E-state index contributed by atoms with van der Waals surface area (Å²) in [6, 6.07) is 4.53. The molecule has 0 unspecified atom stereocenters. The van der Waals surface area contributed by atoms with Crippen LogP contribution in [0.4, 0.5) is 4.79 Å². The third kappa shape index (κ3) is 5.60. The number of aliphatic imine (C=N–C) groups is 1. The van der Waals surface area contributed by atoms with E-state index in [-0.39, 0.29) is 40.1 Å². The first-order valence-electron chi connectivity index (χ1n) is 11.5. The largest absolute Gasteiger partial charge is 0.474 e. The van der Waals surface area contributed by atoms with Gasteiger partial charge in [-0.25, -0.2) is 18.2 Å². The van der Waals surface area contributed by atoms with Crippen molar-refractivity contribution in [1.29, 1.82) is 0 Å². The lowest BCUT2D eigenvalue weighted by Gasteiger charge is -2.32. The molecule has 0 atom stereocenters. The van der Waals surface area contributed by atoms with Crippen molar-refractivity contribution in [1.82, 2.24) is 10.2 Å². The Kier molecular flexibility index (Phi) is 7.28. The Hall–Kier alpha value is -2.46. The second-order valence-electron chi connectivity index (χ2n) is 8.93. The molecule has 186 valence electrons. The van der Waals surface area contributed by atoms with E-state index >= 15 is 0 Å². The summed E-state index contributed by atoms with van der Waals surface area (Å²) in [4.78, 5) is 18.4. The van der Waals surface area contributed by atoms with Crippen LogP contribution in [0.3, 0.4) is 0 Å². The molecule has 0 spiro atoms. The van der Waals surface area contributed by atoms with E-state index in [9.17, 15) is 13.2 Å². The number of benzene rings is 1. The molecule has 1 aromatic carbocycles. The Morgan fingerprint density at radius 2 is 1.91 bits per heavy atom. The van der Waals surface area contributed by atoms with Crippen LogP contribution in [-0.2, 0) is 19.3 Å². The fourth-order valence-corrected chi connectivity index (χ4v) is 5.75. The number of likely N-dealkylation sites (tertiary alicyclic amines) is 1. The number of carbonyl (C=O) groups is 1. The van der Waals surface area contributed by atoms with Crippen molar-refractivity contribution in [2.24, 2.45) is 4.99 Å². The van der Waals surface area contributed by atoms with E-state index in [1.54, 1.807) is 11.0 Å². The molecule has 1 saturated heterocycles. The molecule has 0 radical (unpaired) electrons. The zero-order valence-corrected chi connectivity index (χ0v) is 21.1. The number of hydrogen-bond donors (Lipinski definition) is 1. The maximum atomic E-state index is 12.5. The van der Waals surface area contributed by atoms with Crippen molar-refractivity contribution in [2.75, 3.05) is 19.8 Å². The van der Waals surface area contributed by atoms with Gasteiger partial charge in [0.2, 0.25) is 11.8 Å². The minimum Gasteiger partial charge on any atom is -0.474 e. The van der Waals surface area contributed by atoms with E-state index in [0.717, 1.165) is 0 Å². The first-order chi connectivity index (χ1) is 16.1. The normalized spacial score (nSPS) is 19.6. The van der Waals surface area contributed by atoms with Crippen LogP contribution < -0.4 is 10.1 Å². The standard InChI is InChI=1S/C23H30ClN3O6S/c1-14(2)31-23(28)27-10-8-16(9-11-27)32-21-15(3)22(26-13-25-21)33-20-7-6-18(12-19(20)24)34(29,30)17-4-5-17/h6-7,12,14,16-17,26H,4-5,8-11,13H2,1-3H3. The number of sulfone groups is 1. The van der Waals surface area contributed by atoms with Gasteiger partial charge in [-0.3, -0.25) is 0 Å². The molecule has 9 nitrogen and oxygen atoms in total. The Bertz CT molecular complexity index is 1110. The van der Waals surface area contributed by atoms with Gasteiger partial charge in [0.15, 0.2) is 9.84 Å². The zero-order chi connectivity index (χ0) is 24.5. The van der Waals surface area contributed by atoms with Crippen molar-refractivity contribution in [3.63, 3.8) is 0 Å². The molecule has 0 aromatic heterocycles. The summed E-state index contributed by atoms with van der Waals surface area (Å²) in [7, 11) is -3.33. The SMILES string of the molecule is CC1=C(Oc2ccc(S(=O)(=O)C3CC3)cc2Cl)NCN=C1OC1CCN(C(=O)OC(C)C)CC1. The predicted octanol–water partition coefficient (Wildman–Crippen LogP) is 3.87. The van der Waals surface area contributed by atoms with Crippen molar-refractivity contribution < 1.29 is 27.4 Å². The van der Waals surface area contributed by atoms with Gasteiger partial charge >= 0.3 is 6.09 Å². The highest BCUT2D eigenvalue weighted by atomic mass is 35.5. The number of halogens is 1. The van der Waals surface area contributed by atoms with E-state index in [1.165, 1.54) is 12.1 Å². The van der Waals surface area contributed by atoms with Crippen molar-refractivity contribution in [3.05, 3.63) is 34.7 Å². The second kappa shape index (κ2) is 10.0. The number of nitrogens with one attached hydrogen (secondary N) is 1. The number of nitrogens with zero attached hydrogens (tertiary/aromatic N) is 2. The van der Waals surface area contributed by atoms with Crippen molar-refractivity contribution in [2.45, 2.75) is 68.8 Å². The molecule has 4 rings (SSSR count). The summed E-state index contributed by atoms with van der Waals surface area (Å²) < 4.78 is 42.3. The molecule has 11 heteroatoms. The van der Waals surface area contributed by atoms with E-state index in [1.807, 2.05) is 20.8 Å². The zero-order valence-electron chi connectivity index (χ0n) is 19.5. The minimum absolute atomic E-state index is 0.0772. The van der Waals surface area contributed by atoms with Crippen LogP contribution in [0, 0.1) is 0 Å². The molecule has 1 saturated carbocycles. The number of amides is 1. The Morgan fingerprint density at radius 3 is 2.53 bits per heavy atom. The fourth-order valence-electron chi connectivity index (χ4n) is 3.78. The Labute approximate surface area is 205 Å². The number of piperidine rings is 1. The summed E-state index contributed by atoms with van der Waals surface area (Å²) in [5.41, 5.74) is 0.679. The lowest BCUT2D eigenvalue weighted by molar-refractivity contribution is 0.0489. The quantitative estimate of drug-likeness (QED) is 0.617. The molecule has 1 aliphatic carbocycles. The third-order valence-corrected chi connectivity index (χ3v) is 8.40. The predicted molar refractivity (Wildman–Crippen MR) is 128 cm³/mol. The average Bonchev–Trinajstić information content (AvgIpc) is 3.64. The van der Waals surface area contributed by atoms with Gasteiger partial charge in [-0.1, -0.05) is 11.6 Å². The smallest absolute Gasteiger partial charge is 0.410 e. The Balaban J connectivity index is 1.38. The van der Waals surface area contributed by atoms with Gasteiger partial charge in [0.25, 0.3) is 0 Å². The average molecular weight is 512 g/mol. The number of rotatable bonds is 6. The van der Waals surface area contributed by atoms with Crippen LogP contribution in [0.1, 0.15) is 46.5 Å². The van der Waals surface area contributed by atoms with Crippen LogP contribution in [0.5, 0.6) is 5.75 Å². The molecular formula is C23H30ClN3O6S. The van der Waals surface area contributed by atoms with Crippen molar-refractivity contribution in [3.8, 4) is 5.75 Å². The highest BCUT2D eigenvalue weighted by Gasteiger charge is 2.37. The molecular weight excluding hydrogens is 482 g/mol. The summed E-state index contributed by atoms with van der Waals surface area (Å²) in [6.07, 6.45) is 2.20. The molecule has 2 heterocycles. The van der Waals surface area contributed by atoms with Crippen molar-refractivity contribution >= 4 is 33.4 Å². The molecule has 1 aromatic rings. The van der Waals surface area contributed by atoms with E-state index < -0.39 is 9.84 Å². The fraction of sp³-hybridized carbons (Fsp3) is 0.565. The summed E-state index contributed by atoms with van der Waals surface area (Å²) in [5, 5.41) is 2.98. The van der Waals surface area contributed by atoms with Gasteiger partial charge in [0.1, 0.15) is 18.5 Å². The monoisotopic (exact) mass is 511 g/mol. The van der Waals surface area contributed by atoms with Crippen LogP contribution >= 0.6 is 11.6 Å². The molecule has 2 aliphatic heterocycles. The van der Waals surface area contributed by atoms with Gasteiger partial charge in [0.05, 0.1) is 26.8 Å². The summed E-state index contributed by atoms with van der Waals surface area (Å²) >= 11 is 6.35. The summed E-state index contributed by atoms with van der Waals surface area (Å²) in [6.45, 7) is 6.87. The molecule has 34 heavy (non-hydrogen) atoms. The first kappa shape index (κ1) is 24.7. The van der Waals surface area contributed by atoms with Gasteiger partial charge in [-0.15, -0.1) is 0 Å². The lowest BCUT2D eigenvalue weighted by Crippen LogP contribution is -2.42. The van der Waals surface area contributed by atoms with Gasteiger partial charge in [0, 0.05) is 25.9 Å². The van der Waals surface area contributed by atoms with E-state index in [4.69, 9.17) is 25.8 Å². The maximum Gasteiger partial charge on any atom is 0.410 e. The van der Waals surface area contributed by atoms with Crippen LogP contribution in [-0.4, -0.2) is 62.5 Å². The second-order valence-corrected chi connectivity index (χ2v) is 11.6. The molecule has 1 amide bonds. The molecule has 0 bridgehead atoms.